The van der Waals surface area contributed by atoms with E-state index in [1.54, 1.807) is 30.2 Å². The number of methoxy groups -OCH3 is 1. The Kier molecular flexibility index (Phi) is 4.16. The first-order chi connectivity index (χ1) is 12.7. The van der Waals surface area contributed by atoms with E-state index in [2.05, 4.69) is 4.98 Å². The second-order valence-corrected chi connectivity index (χ2v) is 6.34. The molecular weight excluding hydrogens is 330 g/mol. The first kappa shape index (κ1) is 16.3. The third kappa shape index (κ3) is 2.83. The lowest BCUT2D eigenvalue weighted by Crippen LogP contribution is -2.39. The van der Waals surface area contributed by atoms with Crippen LogP contribution in [0.2, 0.25) is 0 Å². The molecule has 26 heavy (non-hydrogen) atoms. The predicted molar refractivity (Wildman–Crippen MR) is 99.7 cm³/mol. The number of aryl methyl sites for hydroxylation is 1. The summed E-state index contributed by atoms with van der Waals surface area (Å²) >= 11 is 0. The number of hydrogen-bond donors (Lipinski definition) is 0. The number of ether oxygens (including phenoxy) is 1. The summed E-state index contributed by atoms with van der Waals surface area (Å²) in [5, 5.41) is 0.520. The summed E-state index contributed by atoms with van der Waals surface area (Å²) in [7, 11) is 1.63. The van der Waals surface area contributed by atoms with Gasteiger partial charge in [0.2, 0.25) is 5.91 Å². The number of para-hydroxylation sites is 1. The molecule has 6 nitrogen and oxygen atoms in total. The monoisotopic (exact) mass is 349 g/mol. The van der Waals surface area contributed by atoms with Crippen molar-refractivity contribution in [3.8, 4) is 5.75 Å². The van der Waals surface area contributed by atoms with E-state index in [0.29, 0.717) is 17.4 Å². The highest BCUT2D eigenvalue weighted by atomic mass is 16.5. The number of hydrogen-bond acceptors (Lipinski definition) is 4. The molecule has 0 fully saturated rings. The van der Waals surface area contributed by atoms with Crippen LogP contribution in [0.15, 0.2) is 53.6 Å². The Bertz CT molecular complexity index is 1040. The Hall–Kier alpha value is -3.15. The molecule has 0 saturated carbocycles. The van der Waals surface area contributed by atoms with Gasteiger partial charge in [0.1, 0.15) is 12.3 Å². The number of benzene rings is 2. The van der Waals surface area contributed by atoms with E-state index in [1.165, 1.54) is 10.9 Å². The maximum atomic E-state index is 12.9. The third-order valence-electron chi connectivity index (χ3n) is 4.74. The van der Waals surface area contributed by atoms with Gasteiger partial charge in [-0.05, 0) is 48.7 Å². The van der Waals surface area contributed by atoms with Gasteiger partial charge < -0.3 is 9.64 Å². The van der Waals surface area contributed by atoms with E-state index in [4.69, 9.17) is 4.74 Å². The molecule has 1 aromatic heterocycles. The molecule has 1 aliphatic rings. The molecule has 4 rings (SSSR count). The lowest BCUT2D eigenvalue weighted by Gasteiger charge is -2.30. The Labute approximate surface area is 150 Å². The molecule has 3 aromatic rings. The summed E-state index contributed by atoms with van der Waals surface area (Å²) in [6.07, 6.45) is 3.24. The molecule has 1 amide bonds. The van der Waals surface area contributed by atoms with Gasteiger partial charge in [-0.25, -0.2) is 4.98 Å². The van der Waals surface area contributed by atoms with Gasteiger partial charge in [-0.15, -0.1) is 0 Å². The number of rotatable bonds is 3. The molecule has 0 unspecified atom stereocenters. The summed E-state index contributed by atoms with van der Waals surface area (Å²) in [5.41, 5.74) is 2.42. The van der Waals surface area contributed by atoms with Crippen LogP contribution in [0.4, 0.5) is 5.69 Å². The van der Waals surface area contributed by atoms with E-state index in [0.717, 1.165) is 29.8 Å². The van der Waals surface area contributed by atoms with E-state index in [-0.39, 0.29) is 18.0 Å². The van der Waals surface area contributed by atoms with Crippen LogP contribution in [-0.2, 0) is 17.8 Å². The fraction of sp³-hybridized carbons (Fsp3) is 0.250. The van der Waals surface area contributed by atoms with Gasteiger partial charge in [-0.1, -0.05) is 12.1 Å². The molecule has 0 saturated heterocycles. The Balaban J connectivity index is 1.64. The van der Waals surface area contributed by atoms with Crippen molar-refractivity contribution in [2.24, 2.45) is 0 Å². The Morgan fingerprint density at radius 1 is 1.23 bits per heavy atom. The zero-order valence-electron chi connectivity index (χ0n) is 14.5. The number of nitrogens with zero attached hydrogens (tertiary/aromatic N) is 3. The topological polar surface area (TPSA) is 64.4 Å². The number of amides is 1. The molecule has 0 spiro atoms. The van der Waals surface area contributed by atoms with Crippen molar-refractivity contribution in [2.75, 3.05) is 18.6 Å². The molecule has 132 valence electrons. The number of carbonyl (C=O) groups excluding carboxylic acids is 1. The molecule has 1 aliphatic heterocycles. The van der Waals surface area contributed by atoms with Crippen LogP contribution in [0.25, 0.3) is 10.9 Å². The number of anilines is 1. The summed E-state index contributed by atoms with van der Waals surface area (Å²) in [6, 6.07) is 12.9. The van der Waals surface area contributed by atoms with E-state index in [9.17, 15) is 9.59 Å². The van der Waals surface area contributed by atoms with Gasteiger partial charge >= 0.3 is 0 Å². The van der Waals surface area contributed by atoms with Crippen molar-refractivity contribution >= 4 is 22.5 Å². The first-order valence-corrected chi connectivity index (χ1v) is 8.59. The molecule has 0 aliphatic carbocycles. The Morgan fingerprint density at radius 3 is 2.92 bits per heavy atom. The average molecular weight is 349 g/mol. The SMILES string of the molecule is COc1ccc2c(c1)CCCN2C(=O)Cn1cnc2ccccc2c1=O. The van der Waals surface area contributed by atoms with Gasteiger partial charge in [0, 0.05) is 12.2 Å². The summed E-state index contributed by atoms with van der Waals surface area (Å²) < 4.78 is 6.65. The second kappa shape index (κ2) is 6.63. The normalized spacial score (nSPS) is 13.5. The summed E-state index contributed by atoms with van der Waals surface area (Å²) in [4.78, 5) is 31.5. The molecule has 0 bridgehead atoms. The van der Waals surface area contributed by atoms with E-state index < -0.39 is 0 Å². The molecule has 0 atom stereocenters. The van der Waals surface area contributed by atoms with Crippen molar-refractivity contribution in [3.63, 3.8) is 0 Å². The van der Waals surface area contributed by atoms with Gasteiger partial charge in [0.25, 0.3) is 5.56 Å². The van der Waals surface area contributed by atoms with Crippen LogP contribution in [-0.4, -0.2) is 29.1 Å². The van der Waals surface area contributed by atoms with Crippen molar-refractivity contribution in [1.82, 2.24) is 9.55 Å². The molecule has 2 aromatic carbocycles. The van der Waals surface area contributed by atoms with Gasteiger partial charge in [0.05, 0.1) is 24.3 Å². The van der Waals surface area contributed by atoms with Crippen LogP contribution in [0, 0.1) is 0 Å². The molecule has 0 N–H and O–H groups in total. The maximum absolute atomic E-state index is 12.9. The number of fused-ring (bicyclic) bond motifs is 2. The van der Waals surface area contributed by atoms with Crippen molar-refractivity contribution in [3.05, 3.63) is 64.7 Å². The minimum Gasteiger partial charge on any atom is -0.497 e. The van der Waals surface area contributed by atoms with Crippen LogP contribution in [0.1, 0.15) is 12.0 Å². The maximum Gasteiger partial charge on any atom is 0.261 e. The Morgan fingerprint density at radius 2 is 2.08 bits per heavy atom. The number of carbonyl (C=O) groups is 1. The molecular formula is C20H19N3O3. The van der Waals surface area contributed by atoms with E-state index in [1.807, 2.05) is 24.3 Å². The molecule has 2 heterocycles. The standard InChI is InChI=1S/C20H19N3O3/c1-26-15-8-9-18-14(11-15)5-4-10-23(18)19(24)12-22-13-21-17-7-3-2-6-16(17)20(22)25/h2-3,6-9,11,13H,4-5,10,12H2,1H3. The van der Waals surface area contributed by atoms with Gasteiger partial charge in [-0.2, -0.15) is 0 Å². The smallest absolute Gasteiger partial charge is 0.261 e. The highest BCUT2D eigenvalue weighted by molar-refractivity contribution is 5.94. The van der Waals surface area contributed by atoms with Crippen LogP contribution < -0.4 is 15.2 Å². The van der Waals surface area contributed by atoms with Crippen molar-refractivity contribution < 1.29 is 9.53 Å². The highest BCUT2D eigenvalue weighted by Gasteiger charge is 2.23. The zero-order chi connectivity index (χ0) is 18.1. The van der Waals surface area contributed by atoms with Crippen LogP contribution in [0.3, 0.4) is 0 Å². The first-order valence-electron chi connectivity index (χ1n) is 8.59. The van der Waals surface area contributed by atoms with Crippen molar-refractivity contribution in [1.29, 1.82) is 0 Å². The minimum absolute atomic E-state index is 0.0257. The summed E-state index contributed by atoms with van der Waals surface area (Å²) in [5.74, 6) is 0.670. The summed E-state index contributed by atoms with van der Waals surface area (Å²) in [6.45, 7) is 0.621. The van der Waals surface area contributed by atoms with Crippen LogP contribution in [0.5, 0.6) is 5.75 Å². The fourth-order valence-corrected chi connectivity index (χ4v) is 3.41. The third-order valence-corrected chi connectivity index (χ3v) is 4.74. The van der Waals surface area contributed by atoms with Gasteiger partial charge in [0.15, 0.2) is 0 Å². The molecule has 0 radical (unpaired) electrons. The van der Waals surface area contributed by atoms with Crippen LogP contribution >= 0.6 is 0 Å². The predicted octanol–water partition coefficient (Wildman–Crippen LogP) is 2.38. The number of aromatic nitrogens is 2. The van der Waals surface area contributed by atoms with E-state index >= 15 is 0 Å². The lowest BCUT2D eigenvalue weighted by molar-refractivity contribution is -0.119. The van der Waals surface area contributed by atoms with Gasteiger partial charge in [-0.3, -0.25) is 14.2 Å². The highest BCUT2D eigenvalue weighted by Crippen LogP contribution is 2.30. The fourth-order valence-electron chi connectivity index (χ4n) is 3.41. The quantitative estimate of drug-likeness (QED) is 0.728. The molecule has 6 heteroatoms. The lowest BCUT2D eigenvalue weighted by atomic mass is 10.0. The minimum atomic E-state index is -0.198. The average Bonchev–Trinajstić information content (AvgIpc) is 2.69. The second-order valence-electron chi connectivity index (χ2n) is 6.34. The largest absolute Gasteiger partial charge is 0.497 e. The van der Waals surface area contributed by atoms with Crippen molar-refractivity contribution in [2.45, 2.75) is 19.4 Å². The zero-order valence-corrected chi connectivity index (χ0v) is 14.5.